The van der Waals surface area contributed by atoms with E-state index in [1.807, 2.05) is 6.92 Å². The minimum absolute atomic E-state index is 0.195. The summed E-state index contributed by atoms with van der Waals surface area (Å²) in [5, 5.41) is 14.8. The van der Waals surface area contributed by atoms with Gasteiger partial charge in [-0.05, 0) is 26.7 Å². The molecule has 0 spiro atoms. The average Bonchev–Trinajstić information content (AvgIpc) is 2.70. The normalized spacial score (nSPS) is 26.5. The second-order valence-electron chi connectivity index (χ2n) is 4.20. The highest BCUT2D eigenvalue weighted by molar-refractivity contribution is 5.80. The predicted molar refractivity (Wildman–Crippen MR) is 59.1 cm³/mol. The number of nitrogens with two attached hydrogens (primary N) is 1. The van der Waals surface area contributed by atoms with E-state index in [0.29, 0.717) is 18.6 Å². The van der Waals surface area contributed by atoms with Crippen LogP contribution in [0.25, 0.3) is 0 Å². The van der Waals surface area contributed by atoms with Crippen LogP contribution in [0, 0.1) is 0 Å². The molecular formula is C10H21N3O2. The van der Waals surface area contributed by atoms with Crippen LogP contribution in [0.5, 0.6) is 0 Å². The summed E-state index contributed by atoms with van der Waals surface area (Å²) in [5.41, 5.74) is 5.43. The molecule has 0 aromatic heterocycles. The number of oxime groups is 1. The zero-order chi connectivity index (χ0) is 11.3. The summed E-state index contributed by atoms with van der Waals surface area (Å²) in [4.78, 5) is 0. The van der Waals surface area contributed by atoms with Crippen LogP contribution in [-0.4, -0.2) is 35.8 Å². The number of nitrogens with zero attached hydrogens (tertiary/aromatic N) is 1. The Morgan fingerprint density at radius 1 is 1.67 bits per heavy atom. The predicted octanol–water partition coefficient (Wildman–Crippen LogP) is 0.669. The first-order valence-corrected chi connectivity index (χ1v) is 5.47. The fourth-order valence-electron chi connectivity index (χ4n) is 1.97. The third-order valence-corrected chi connectivity index (χ3v) is 2.71. The molecule has 4 N–H and O–H groups in total. The Bertz CT molecular complexity index is 215. The fraction of sp³-hybridized carbons (Fsp3) is 0.900. The van der Waals surface area contributed by atoms with Gasteiger partial charge < -0.3 is 21.0 Å². The SMILES string of the molecule is CC(CC(N)=NO)NC(C)C1CCCO1. The highest BCUT2D eigenvalue weighted by Crippen LogP contribution is 2.15. The fourth-order valence-corrected chi connectivity index (χ4v) is 1.97. The summed E-state index contributed by atoms with van der Waals surface area (Å²) in [6, 6.07) is 0.508. The molecule has 0 aromatic carbocycles. The smallest absolute Gasteiger partial charge is 0.140 e. The van der Waals surface area contributed by atoms with Crippen molar-refractivity contribution in [2.45, 2.75) is 51.3 Å². The van der Waals surface area contributed by atoms with Crippen molar-refractivity contribution in [3.05, 3.63) is 0 Å². The molecule has 0 saturated carbocycles. The molecule has 0 aliphatic carbocycles. The summed E-state index contributed by atoms with van der Waals surface area (Å²) in [5.74, 6) is 0.259. The topological polar surface area (TPSA) is 79.9 Å². The van der Waals surface area contributed by atoms with Crippen molar-refractivity contribution < 1.29 is 9.94 Å². The van der Waals surface area contributed by atoms with Gasteiger partial charge in [-0.2, -0.15) is 0 Å². The maximum Gasteiger partial charge on any atom is 0.140 e. The Morgan fingerprint density at radius 3 is 2.93 bits per heavy atom. The van der Waals surface area contributed by atoms with Crippen LogP contribution in [0.2, 0.25) is 0 Å². The molecule has 15 heavy (non-hydrogen) atoms. The average molecular weight is 215 g/mol. The minimum Gasteiger partial charge on any atom is -0.409 e. The lowest BCUT2D eigenvalue weighted by Gasteiger charge is -2.24. The van der Waals surface area contributed by atoms with Crippen LogP contribution in [0.4, 0.5) is 0 Å². The van der Waals surface area contributed by atoms with Gasteiger partial charge in [-0.25, -0.2) is 0 Å². The Kier molecular flexibility index (Phi) is 4.84. The molecule has 0 radical (unpaired) electrons. The standard InChI is InChI=1S/C10H21N3O2/c1-7(6-10(11)13-14)12-8(2)9-4-3-5-15-9/h7-9,12,14H,3-6H2,1-2H3,(H2,11,13). The third-order valence-electron chi connectivity index (χ3n) is 2.71. The molecule has 1 saturated heterocycles. The van der Waals surface area contributed by atoms with Crippen LogP contribution in [0.15, 0.2) is 5.16 Å². The van der Waals surface area contributed by atoms with Crippen molar-refractivity contribution in [2.24, 2.45) is 10.9 Å². The van der Waals surface area contributed by atoms with Crippen molar-refractivity contribution >= 4 is 5.84 Å². The zero-order valence-electron chi connectivity index (χ0n) is 9.44. The Morgan fingerprint density at radius 2 is 2.40 bits per heavy atom. The second-order valence-corrected chi connectivity index (χ2v) is 4.20. The monoisotopic (exact) mass is 215 g/mol. The van der Waals surface area contributed by atoms with Gasteiger partial charge in [-0.1, -0.05) is 5.16 Å². The Labute approximate surface area is 90.7 Å². The number of nitrogens with one attached hydrogen (secondary N) is 1. The molecule has 5 nitrogen and oxygen atoms in total. The van der Waals surface area contributed by atoms with E-state index in [2.05, 4.69) is 17.4 Å². The third kappa shape index (κ3) is 4.05. The molecule has 1 fully saturated rings. The number of hydrogen-bond acceptors (Lipinski definition) is 4. The Hall–Kier alpha value is -0.810. The summed E-state index contributed by atoms with van der Waals surface area (Å²) in [6.07, 6.45) is 3.11. The van der Waals surface area contributed by atoms with E-state index >= 15 is 0 Å². The molecule has 1 aliphatic rings. The maximum absolute atomic E-state index is 8.44. The van der Waals surface area contributed by atoms with Crippen LogP contribution in [-0.2, 0) is 4.74 Å². The zero-order valence-corrected chi connectivity index (χ0v) is 9.44. The van der Waals surface area contributed by atoms with Crippen LogP contribution < -0.4 is 11.1 Å². The first kappa shape index (κ1) is 12.3. The van der Waals surface area contributed by atoms with Crippen molar-refractivity contribution in [1.29, 1.82) is 0 Å². The number of amidine groups is 1. The van der Waals surface area contributed by atoms with E-state index < -0.39 is 0 Å². The van der Waals surface area contributed by atoms with Gasteiger partial charge in [0.05, 0.1) is 6.10 Å². The highest BCUT2D eigenvalue weighted by atomic mass is 16.5. The van der Waals surface area contributed by atoms with E-state index in [1.165, 1.54) is 0 Å². The molecule has 0 bridgehead atoms. The van der Waals surface area contributed by atoms with E-state index in [9.17, 15) is 0 Å². The molecule has 5 heteroatoms. The van der Waals surface area contributed by atoms with Crippen molar-refractivity contribution in [3.8, 4) is 0 Å². The summed E-state index contributed by atoms with van der Waals surface area (Å²) >= 11 is 0. The van der Waals surface area contributed by atoms with E-state index in [0.717, 1.165) is 19.4 Å². The molecule has 3 unspecified atom stereocenters. The molecule has 88 valence electrons. The van der Waals surface area contributed by atoms with Crippen LogP contribution in [0.1, 0.15) is 33.1 Å². The maximum atomic E-state index is 8.44. The van der Waals surface area contributed by atoms with Gasteiger partial charge in [-0.15, -0.1) is 0 Å². The molecule has 0 aromatic rings. The van der Waals surface area contributed by atoms with Gasteiger partial charge in [0.15, 0.2) is 0 Å². The van der Waals surface area contributed by atoms with E-state index in [-0.39, 0.29) is 11.9 Å². The first-order valence-electron chi connectivity index (χ1n) is 5.47. The molecular weight excluding hydrogens is 194 g/mol. The number of ether oxygens (including phenoxy) is 1. The summed E-state index contributed by atoms with van der Waals surface area (Å²) in [7, 11) is 0. The number of hydrogen-bond donors (Lipinski definition) is 3. The van der Waals surface area contributed by atoms with Crippen LogP contribution >= 0.6 is 0 Å². The Balaban J connectivity index is 2.27. The highest BCUT2D eigenvalue weighted by Gasteiger charge is 2.23. The van der Waals surface area contributed by atoms with Gasteiger partial charge in [-0.3, -0.25) is 0 Å². The number of rotatable bonds is 5. The van der Waals surface area contributed by atoms with Gasteiger partial charge in [0.1, 0.15) is 5.84 Å². The van der Waals surface area contributed by atoms with Gasteiger partial charge >= 0.3 is 0 Å². The minimum atomic E-state index is 0.195. The summed E-state index contributed by atoms with van der Waals surface area (Å²) in [6.45, 7) is 4.99. The van der Waals surface area contributed by atoms with E-state index in [4.69, 9.17) is 15.7 Å². The lowest BCUT2D eigenvalue weighted by molar-refractivity contribution is 0.0806. The molecule has 1 heterocycles. The lowest BCUT2D eigenvalue weighted by Crippen LogP contribution is -2.43. The second kappa shape index (κ2) is 5.92. The first-order chi connectivity index (χ1) is 7.13. The molecule has 0 amide bonds. The van der Waals surface area contributed by atoms with Crippen LogP contribution in [0.3, 0.4) is 0 Å². The largest absolute Gasteiger partial charge is 0.409 e. The summed E-state index contributed by atoms with van der Waals surface area (Å²) < 4.78 is 5.57. The quantitative estimate of drug-likeness (QED) is 0.272. The lowest BCUT2D eigenvalue weighted by atomic mass is 10.1. The van der Waals surface area contributed by atoms with Gasteiger partial charge in [0.25, 0.3) is 0 Å². The molecule has 1 rings (SSSR count). The molecule has 3 atom stereocenters. The van der Waals surface area contributed by atoms with Crippen molar-refractivity contribution in [3.63, 3.8) is 0 Å². The van der Waals surface area contributed by atoms with Crippen molar-refractivity contribution in [2.75, 3.05) is 6.61 Å². The van der Waals surface area contributed by atoms with Gasteiger partial charge in [0, 0.05) is 25.1 Å². The van der Waals surface area contributed by atoms with Gasteiger partial charge in [0.2, 0.25) is 0 Å². The van der Waals surface area contributed by atoms with Crippen molar-refractivity contribution in [1.82, 2.24) is 5.32 Å². The molecule has 1 aliphatic heterocycles. The van der Waals surface area contributed by atoms with E-state index in [1.54, 1.807) is 0 Å².